The molecule has 27 heavy (non-hydrogen) atoms. The predicted molar refractivity (Wildman–Crippen MR) is 123 cm³/mol. The van der Waals surface area contributed by atoms with Crippen LogP contribution in [0.5, 0.6) is 0 Å². The highest BCUT2D eigenvalue weighted by atomic mass is 35.5. The highest BCUT2D eigenvalue weighted by Crippen LogP contribution is 2.53. The largest absolute Gasteiger partial charge is 0.112 e. The van der Waals surface area contributed by atoms with Gasteiger partial charge in [-0.25, -0.2) is 0 Å². The van der Waals surface area contributed by atoms with Crippen LogP contribution in [0.15, 0.2) is 0 Å². The van der Waals surface area contributed by atoms with Crippen molar-refractivity contribution in [3.63, 3.8) is 0 Å². The maximum atomic E-state index is 5.30. The van der Waals surface area contributed by atoms with Crippen LogP contribution in [-0.4, -0.2) is 4.33 Å². The van der Waals surface area contributed by atoms with E-state index in [0.717, 1.165) is 5.92 Å². The van der Waals surface area contributed by atoms with Crippen LogP contribution in [-0.2, 0) is 0 Å². The Morgan fingerprint density at radius 3 is 1.56 bits per heavy atom. The van der Waals surface area contributed by atoms with Crippen LogP contribution < -0.4 is 0 Å². The Balaban J connectivity index is 0.000000164. The van der Waals surface area contributed by atoms with Crippen LogP contribution in [0, 0.1) is 29.6 Å². The number of fused-ring (bicyclic) bond motifs is 3. The van der Waals surface area contributed by atoms with E-state index >= 15 is 0 Å². The highest BCUT2D eigenvalue weighted by Gasteiger charge is 2.44. The lowest BCUT2D eigenvalue weighted by Crippen LogP contribution is -2.22. The molecular weight excluding hydrogens is 371 g/mol. The van der Waals surface area contributed by atoms with Crippen molar-refractivity contribution < 1.29 is 0 Å². The molecule has 4 atom stereocenters. The minimum absolute atomic E-state index is 0.556. The Bertz CT molecular complexity index is 354. The van der Waals surface area contributed by atoms with Crippen LogP contribution in [0.4, 0.5) is 0 Å². The number of halogens is 2. The molecule has 0 aromatic heterocycles. The molecule has 4 unspecified atom stereocenters. The molecule has 0 bridgehead atoms. The molecule has 160 valence electrons. The van der Waals surface area contributed by atoms with Gasteiger partial charge in [0.05, 0.1) is 0 Å². The van der Waals surface area contributed by atoms with Crippen LogP contribution in [0.2, 0.25) is 0 Å². The van der Waals surface area contributed by atoms with Gasteiger partial charge >= 0.3 is 0 Å². The van der Waals surface area contributed by atoms with E-state index in [1.165, 1.54) is 68.6 Å². The molecule has 0 heterocycles. The fourth-order valence-electron chi connectivity index (χ4n) is 6.37. The second kappa shape index (κ2) is 12.3. The van der Waals surface area contributed by atoms with Gasteiger partial charge in [-0.05, 0) is 62.7 Å². The van der Waals surface area contributed by atoms with Crippen LogP contribution in [0.1, 0.15) is 124 Å². The SMILES string of the molecule is C1CCC2C(C1)CC1CCCCC12.CC(C)(Cl)Cl.CCCCC1CCCC1. The van der Waals surface area contributed by atoms with Crippen LogP contribution in [0.3, 0.4) is 0 Å². The van der Waals surface area contributed by atoms with Gasteiger partial charge in [0.25, 0.3) is 0 Å². The van der Waals surface area contributed by atoms with Crippen LogP contribution >= 0.6 is 23.2 Å². The summed E-state index contributed by atoms with van der Waals surface area (Å²) < 4.78 is -0.556. The highest BCUT2D eigenvalue weighted by molar-refractivity contribution is 6.47. The molecule has 4 rings (SSSR count). The summed E-state index contributed by atoms with van der Waals surface area (Å²) in [6.07, 6.45) is 24.6. The standard InChI is InChI=1S/C13H22.C9H18.C3H6Cl2/c1-3-7-12-10(5-1)9-11-6-2-4-8-13(11)12;1-2-3-6-9-7-4-5-8-9;1-3(2,4)5/h10-13H,1-9H2;9H,2-8H2,1H3;1-2H3. The predicted octanol–water partition coefficient (Wildman–Crippen LogP) is 9.57. The van der Waals surface area contributed by atoms with Gasteiger partial charge in [0.15, 0.2) is 0 Å². The molecule has 0 amide bonds. The molecule has 0 aromatic carbocycles. The van der Waals surface area contributed by atoms with Crippen molar-refractivity contribution in [3.05, 3.63) is 0 Å². The zero-order valence-corrected chi connectivity index (χ0v) is 20.0. The van der Waals surface area contributed by atoms with Gasteiger partial charge in [-0.2, -0.15) is 0 Å². The van der Waals surface area contributed by atoms with Gasteiger partial charge in [-0.3, -0.25) is 0 Å². The molecule has 4 fully saturated rings. The van der Waals surface area contributed by atoms with Gasteiger partial charge in [-0.15, -0.1) is 23.2 Å². The zero-order chi connectivity index (χ0) is 19.7. The lowest BCUT2D eigenvalue weighted by molar-refractivity contribution is 0.184. The fraction of sp³-hybridized carbons (Fsp3) is 1.00. The number of hydrogen-bond acceptors (Lipinski definition) is 0. The number of unbranched alkanes of at least 4 members (excludes halogenated alkanes) is 1. The normalized spacial score (nSPS) is 33.2. The Morgan fingerprint density at radius 2 is 1.11 bits per heavy atom. The smallest absolute Gasteiger partial charge is 0.102 e. The lowest BCUT2D eigenvalue weighted by atomic mass is 9.73. The first-order valence-corrected chi connectivity index (χ1v) is 13.0. The molecule has 4 aliphatic rings. The van der Waals surface area contributed by atoms with Crippen molar-refractivity contribution in [1.29, 1.82) is 0 Å². The van der Waals surface area contributed by atoms with E-state index < -0.39 is 4.33 Å². The molecule has 0 radical (unpaired) electrons. The Morgan fingerprint density at radius 1 is 0.704 bits per heavy atom. The van der Waals surface area contributed by atoms with Gasteiger partial charge in [0, 0.05) is 0 Å². The number of hydrogen-bond donors (Lipinski definition) is 0. The summed E-state index contributed by atoms with van der Waals surface area (Å²) in [5, 5.41) is 0. The van der Waals surface area contributed by atoms with Gasteiger partial charge in [0.2, 0.25) is 0 Å². The second-order valence-corrected chi connectivity index (χ2v) is 12.4. The summed E-state index contributed by atoms with van der Waals surface area (Å²) in [6.45, 7) is 5.72. The summed E-state index contributed by atoms with van der Waals surface area (Å²) in [5.41, 5.74) is 0. The molecule has 0 N–H and O–H groups in total. The van der Waals surface area contributed by atoms with E-state index in [0.29, 0.717) is 0 Å². The first-order valence-electron chi connectivity index (χ1n) is 12.3. The molecule has 0 saturated heterocycles. The zero-order valence-electron chi connectivity index (χ0n) is 18.5. The maximum Gasteiger partial charge on any atom is 0.112 e. The number of alkyl halides is 2. The average Bonchev–Trinajstić information content (AvgIpc) is 3.26. The Labute approximate surface area is 180 Å². The lowest BCUT2D eigenvalue weighted by Gasteiger charge is -2.32. The van der Waals surface area contributed by atoms with E-state index in [-0.39, 0.29) is 0 Å². The molecule has 2 heteroatoms. The first kappa shape index (κ1) is 23.9. The molecule has 4 saturated carbocycles. The van der Waals surface area contributed by atoms with Crippen LogP contribution in [0.25, 0.3) is 0 Å². The fourth-order valence-corrected chi connectivity index (χ4v) is 6.37. The molecular formula is C25H46Cl2. The summed E-state index contributed by atoms with van der Waals surface area (Å²) in [6, 6.07) is 0. The van der Waals surface area contributed by atoms with Crippen molar-refractivity contribution in [2.24, 2.45) is 29.6 Å². The Hall–Kier alpha value is 0.580. The first-order chi connectivity index (χ1) is 12.9. The molecule has 0 aliphatic heterocycles. The summed E-state index contributed by atoms with van der Waals surface area (Å²) in [5.74, 6) is 5.81. The van der Waals surface area contributed by atoms with Gasteiger partial charge in [-0.1, -0.05) is 90.4 Å². The third kappa shape index (κ3) is 9.29. The molecule has 0 nitrogen and oxygen atoms in total. The van der Waals surface area contributed by atoms with Crippen molar-refractivity contribution >= 4 is 23.2 Å². The quantitative estimate of drug-likeness (QED) is 0.401. The molecule has 4 aliphatic carbocycles. The summed E-state index contributed by atoms with van der Waals surface area (Å²) in [7, 11) is 0. The van der Waals surface area contributed by atoms with E-state index in [4.69, 9.17) is 23.2 Å². The topological polar surface area (TPSA) is 0 Å². The van der Waals surface area contributed by atoms with Crippen molar-refractivity contribution in [1.82, 2.24) is 0 Å². The average molecular weight is 418 g/mol. The van der Waals surface area contributed by atoms with Crippen molar-refractivity contribution in [3.8, 4) is 0 Å². The van der Waals surface area contributed by atoms with Gasteiger partial charge < -0.3 is 0 Å². The van der Waals surface area contributed by atoms with Gasteiger partial charge in [0.1, 0.15) is 4.33 Å². The summed E-state index contributed by atoms with van der Waals surface area (Å²) >= 11 is 10.6. The monoisotopic (exact) mass is 416 g/mol. The minimum atomic E-state index is -0.556. The van der Waals surface area contributed by atoms with E-state index in [1.807, 2.05) is 0 Å². The number of rotatable bonds is 3. The second-order valence-electron chi connectivity index (χ2n) is 10.3. The maximum absolute atomic E-state index is 5.30. The Kier molecular flexibility index (Phi) is 10.9. The summed E-state index contributed by atoms with van der Waals surface area (Å²) in [4.78, 5) is 0. The van der Waals surface area contributed by atoms with E-state index in [1.54, 1.807) is 71.6 Å². The van der Waals surface area contributed by atoms with Crippen molar-refractivity contribution in [2.75, 3.05) is 0 Å². The van der Waals surface area contributed by atoms with Crippen molar-refractivity contribution in [2.45, 2.75) is 128 Å². The third-order valence-electron chi connectivity index (χ3n) is 7.53. The minimum Gasteiger partial charge on any atom is -0.102 e. The van der Waals surface area contributed by atoms with E-state index in [9.17, 15) is 0 Å². The third-order valence-corrected chi connectivity index (χ3v) is 7.53. The molecule has 0 aromatic rings. The molecule has 0 spiro atoms. The van der Waals surface area contributed by atoms with E-state index in [2.05, 4.69) is 6.92 Å².